The lowest BCUT2D eigenvalue weighted by atomic mass is 10.2. The molecule has 1 aromatic carbocycles. The van der Waals surface area contributed by atoms with Gasteiger partial charge in [0, 0.05) is 19.6 Å². The van der Waals surface area contributed by atoms with Gasteiger partial charge in [-0.25, -0.2) is 0 Å². The number of oxazole rings is 1. The fourth-order valence-corrected chi connectivity index (χ4v) is 1.65. The molecule has 0 radical (unpaired) electrons. The van der Waals surface area contributed by atoms with E-state index in [4.69, 9.17) is 10.2 Å². The lowest BCUT2D eigenvalue weighted by Gasteiger charge is -2.18. The van der Waals surface area contributed by atoms with Crippen molar-refractivity contribution < 1.29 is 4.42 Å². The third-order valence-corrected chi connectivity index (χ3v) is 2.62. The third kappa shape index (κ3) is 2.85. The van der Waals surface area contributed by atoms with E-state index >= 15 is 0 Å². The summed E-state index contributed by atoms with van der Waals surface area (Å²) in [5.74, 6) is 0. The zero-order valence-corrected chi connectivity index (χ0v) is 9.97. The number of hydrogen-bond donors (Lipinski definition) is 1. The number of nitrogens with two attached hydrogens (primary N) is 1. The summed E-state index contributed by atoms with van der Waals surface area (Å²) in [6.45, 7) is 4.13. The van der Waals surface area contributed by atoms with E-state index in [1.165, 1.54) is 5.56 Å². The standard InChI is InChI=1S/C13H17N3O/c1-2-16(9-11-6-4-3-5-7-11)13-15-12(8-14)10-17-13/h3-7,10H,2,8-9,14H2,1H3. The Hall–Kier alpha value is -1.81. The fourth-order valence-electron chi connectivity index (χ4n) is 1.65. The molecule has 0 amide bonds. The van der Waals surface area contributed by atoms with Gasteiger partial charge in [0.1, 0.15) is 6.26 Å². The van der Waals surface area contributed by atoms with E-state index in [1.807, 2.05) is 18.2 Å². The van der Waals surface area contributed by atoms with E-state index < -0.39 is 0 Å². The SMILES string of the molecule is CCN(Cc1ccccc1)c1nc(CN)co1. The van der Waals surface area contributed by atoms with Gasteiger partial charge in [-0.2, -0.15) is 4.98 Å². The molecule has 1 heterocycles. The van der Waals surface area contributed by atoms with Gasteiger partial charge in [0.2, 0.25) is 0 Å². The zero-order chi connectivity index (χ0) is 12.1. The van der Waals surface area contributed by atoms with Crippen LogP contribution in [-0.2, 0) is 13.1 Å². The molecule has 0 fully saturated rings. The van der Waals surface area contributed by atoms with Crippen LogP contribution in [0.5, 0.6) is 0 Å². The largest absolute Gasteiger partial charge is 0.432 e. The predicted octanol–water partition coefficient (Wildman–Crippen LogP) is 2.16. The topological polar surface area (TPSA) is 55.3 Å². The van der Waals surface area contributed by atoms with Gasteiger partial charge in [-0.1, -0.05) is 30.3 Å². The highest BCUT2D eigenvalue weighted by atomic mass is 16.4. The Bertz CT molecular complexity index is 453. The average molecular weight is 231 g/mol. The van der Waals surface area contributed by atoms with Crippen molar-refractivity contribution in [3.8, 4) is 0 Å². The first kappa shape index (κ1) is 11.7. The zero-order valence-electron chi connectivity index (χ0n) is 9.97. The Labute approximate surface area is 101 Å². The van der Waals surface area contributed by atoms with Gasteiger partial charge in [0.05, 0.1) is 5.69 Å². The molecule has 2 N–H and O–H groups in total. The van der Waals surface area contributed by atoms with E-state index in [1.54, 1.807) is 6.26 Å². The Morgan fingerprint density at radius 2 is 2.06 bits per heavy atom. The molecule has 0 aliphatic rings. The van der Waals surface area contributed by atoms with Crippen LogP contribution in [0, 0.1) is 0 Å². The van der Waals surface area contributed by atoms with Crippen molar-refractivity contribution in [2.75, 3.05) is 11.4 Å². The maximum Gasteiger partial charge on any atom is 0.297 e. The Kier molecular flexibility index (Phi) is 3.77. The number of nitrogens with zero attached hydrogens (tertiary/aromatic N) is 2. The molecule has 2 aromatic rings. The molecule has 4 nitrogen and oxygen atoms in total. The molecule has 0 saturated heterocycles. The van der Waals surface area contributed by atoms with Crippen LogP contribution in [0.15, 0.2) is 41.0 Å². The van der Waals surface area contributed by atoms with Gasteiger partial charge in [-0.15, -0.1) is 0 Å². The molecule has 0 bridgehead atoms. The van der Waals surface area contributed by atoms with Crippen molar-refractivity contribution in [3.05, 3.63) is 47.9 Å². The number of rotatable bonds is 5. The fraction of sp³-hybridized carbons (Fsp3) is 0.308. The molecule has 0 saturated carbocycles. The summed E-state index contributed by atoms with van der Waals surface area (Å²) in [6.07, 6.45) is 1.61. The monoisotopic (exact) mass is 231 g/mol. The van der Waals surface area contributed by atoms with Gasteiger partial charge in [-0.3, -0.25) is 0 Å². The van der Waals surface area contributed by atoms with Crippen molar-refractivity contribution in [1.29, 1.82) is 0 Å². The minimum atomic E-state index is 0.409. The van der Waals surface area contributed by atoms with Crippen LogP contribution in [-0.4, -0.2) is 11.5 Å². The lowest BCUT2D eigenvalue weighted by Crippen LogP contribution is -2.22. The van der Waals surface area contributed by atoms with Crippen molar-refractivity contribution in [3.63, 3.8) is 0 Å². The van der Waals surface area contributed by atoms with Gasteiger partial charge >= 0.3 is 0 Å². The molecule has 1 aromatic heterocycles. The summed E-state index contributed by atoms with van der Waals surface area (Å²) in [5.41, 5.74) is 7.54. The average Bonchev–Trinajstić information content (AvgIpc) is 2.86. The first-order chi connectivity index (χ1) is 8.33. The second-order valence-corrected chi connectivity index (χ2v) is 3.83. The second kappa shape index (κ2) is 5.50. The summed E-state index contributed by atoms with van der Waals surface area (Å²) in [6, 6.07) is 10.9. The highest BCUT2D eigenvalue weighted by molar-refractivity contribution is 5.30. The third-order valence-electron chi connectivity index (χ3n) is 2.62. The van der Waals surface area contributed by atoms with Gasteiger partial charge in [0.25, 0.3) is 6.01 Å². The van der Waals surface area contributed by atoms with E-state index in [0.717, 1.165) is 18.8 Å². The molecular weight excluding hydrogens is 214 g/mol. The molecular formula is C13H17N3O. The quantitative estimate of drug-likeness (QED) is 0.856. The van der Waals surface area contributed by atoms with E-state index in [0.29, 0.717) is 12.6 Å². The molecule has 0 atom stereocenters. The van der Waals surface area contributed by atoms with Crippen molar-refractivity contribution in [1.82, 2.24) is 4.98 Å². The lowest BCUT2D eigenvalue weighted by molar-refractivity contribution is 0.534. The summed E-state index contributed by atoms with van der Waals surface area (Å²) in [5, 5.41) is 0. The minimum absolute atomic E-state index is 0.409. The Balaban J connectivity index is 2.11. The maximum atomic E-state index is 5.52. The molecule has 90 valence electrons. The van der Waals surface area contributed by atoms with Crippen molar-refractivity contribution in [2.45, 2.75) is 20.0 Å². The van der Waals surface area contributed by atoms with Crippen LogP contribution in [0.2, 0.25) is 0 Å². The maximum absolute atomic E-state index is 5.52. The van der Waals surface area contributed by atoms with Crippen LogP contribution >= 0.6 is 0 Å². The molecule has 0 spiro atoms. The van der Waals surface area contributed by atoms with Crippen molar-refractivity contribution in [2.24, 2.45) is 5.73 Å². The van der Waals surface area contributed by atoms with Crippen LogP contribution in [0.4, 0.5) is 6.01 Å². The number of benzene rings is 1. The Morgan fingerprint density at radius 1 is 1.29 bits per heavy atom. The molecule has 0 aliphatic heterocycles. The van der Waals surface area contributed by atoms with E-state index in [2.05, 4.69) is 28.9 Å². The normalized spacial score (nSPS) is 10.5. The van der Waals surface area contributed by atoms with E-state index in [-0.39, 0.29) is 0 Å². The summed E-state index contributed by atoms with van der Waals surface area (Å²) in [4.78, 5) is 6.41. The van der Waals surface area contributed by atoms with Crippen LogP contribution in [0.1, 0.15) is 18.2 Å². The second-order valence-electron chi connectivity index (χ2n) is 3.83. The van der Waals surface area contributed by atoms with Crippen LogP contribution in [0.25, 0.3) is 0 Å². The van der Waals surface area contributed by atoms with E-state index in [9.17, 15) is 0 Å². The number of hydrogen-bond acceptors (Lipinski definition) is 4. The molecule has 17 heavy (non-hydrogen) atoms. The molecule has 2 rings (SSSR count). The van der Waals surface area contributed by atoms with Gasteiger partial charge < -0.3 is 15.1 Å². The smallest absolute Gasteiger partial charge is 0.297 e. The van der Waals surface area contributed by atoms with Crippen LogP contribution in [0.3, 0.4) is 0 Å². The predicted molar refractivity (Wildman–Crippen MR) is 67.6 cm³/mol. The van der Waals surface area contributed by atoms with Gasteiger partial charge in [-0.05, 0) is 12.5 Å². The minimum Gasteiger partial charge on any atom is -0.432 e. The summed E-state index contributed by atoms with van der Waals surface area (Å²) in [7, 11) is 0. The Morgan fingerprint density at radius 3 is 2.65 bits per heavy atom. The van der Waals surface area contributed by atoms with Crippen molar-refractivity contribution >= 4 is 6.01 Å². The highest BCUT2D eigenvalue weighted by Gasteiger charge is 2.11. The molecule has 4 heteroatoms. The first-order valence-corrected chi connectivity index (χ1v) is 5.76. The summed E-state index contributed by atoms with van der Waals surface area (Å²) < 4.78 is 5.42. The van der Waals surface area contributed by atoms with Gasteiger partial charge in [0.15, 0.2) is 0 Å². The number of anilines is 1. The molecule has 0 aliphatic carbocycles. The highest BCUT2D eigenvalue weighted by Crippen LogP contribution is 2.16. The number of aromatic nitrogens is 1. The van der Waals surface area contributed by atoms with Crippen LogP contribution < -0.4 is 10.6 Å². The summed E-state index contributed by atoms with van der Waals surface area (Å²) >= 11 is 0. The molecule has 0 unspecified atom stereocenters. The first-order valence-electron chi connectivity index (χ1n) is 5.76.